The quantitative estimate of drug-likeness (QED) is 0.601. The van der Waals surface area contributed by atoms with E-state index in [-0.39, 0.29) is 12.0 Å². The van der Waals surface area contributed by atoms with E-state index in [2.05, 4.69) is 32.7 Å². The van der Waals surface area contributed by atoms with Crippen molar-refractivity contribution in [2.45, 2.75) is 51.0 Å². The van der Waals surface area contributed by atoms with Gasteiger partial charge in [0.2, 0.25) is 5.91 Å². The van der Waals surface area contributed by atoms with E-state index < -0.39 is 0 Å². The van der Waals surface area contributed by atoms with Crippen LogP contribution >= 0.6 is 0 Å². The summed E-state index contributed by atoms with van der Waals surface area (Å²) in [5.74, 6) is 2.38. The molecule has 0 spiro atoms. The fraction of sp³-hybridized carbons (Fsp3) is 0.565. The van der Waals surface area contributed by atoms with Gasteiger partial charge in [-0.25, -0.2) is 0 Å². The predicted octanol–water partition coefficient (Wildman–Crippen LogP) is 3.32. The molecule has 4 rings (SSSR count). The molecule has 1 aromatic carbocycles. The molecular formula is C23H32N4O2. The van der Waals surface area contributed by atoms with Gasteiger partial charge in [-0.2, -0.15) is 0 Å². The van der Waals surface area contributed by atoms with E-state index in [0.717, 1.165) is 68.0 Å². The van der Waals surface area contributed by atoms with Crippen molar-refractivity contribution in [3.8, 4) is 0 Å². The molecule has 6 heteroatoms. The molecular weight excluding hydrogens is 364 g/mol. The summed E-state index contributed by atoms with van der Waals surface area (Å²) in [4.78, 5) is 19.1. The summed E-state index contributed by atoms with van der Waals surface area (Å²) in [6.07, 6.45) is 7.59. The third-order valence-corrected chi connectivity index (χ3v) is 6.16. The van der Waals surface area contributed by atoms with E-state index in [9.17, 15) is 4.79 Å². The van der Waals surface area contributed by atoms with Crippen LogP contribution in [-0.2, 0) is 11.2 Å². The van der Waals surface area contributed by atoms with Crippen molar-refractivity contribution in [2.24, 2.45) is 10.9 Å². The first-order valence-corrected chi connectivity index (χ1v) is 11.0. The second-order valence-corrected chi connectivity index (χ2v) is 8.25. The molecule has 1 saturated heterocycles. The van der Waals surface area contributed by atoms with E-state index in [1.807, 2.05) is 18.2 Å². The van der Waals surface area contributed by atoms with Crippen LogP contribution in [0.1, 0.15) is 44.3 Å². The van der Waals surface area contributed by atoms with Gasteiger partial charge in [0.15, 0.2) is 5.96 Å². The summed E-state index contributed by atoms with van der Waals surface area (Å²) in [5.41, 5.74) is 0.929. The standard InChI is InChI=1S/C23H32N4O2/c1-24-23(25-13-11-20-15-18-9-5-6-10-21(18)29-20)26-19-12-14-27(16-19)22(28)17-7-3-2-4-8-17/h5-6,9-10,15,17,19H,2-4,7-8,11-14,16H2,1H3,(H2,24,25,26). The number of guanidine groups is 1. The average molecular weight is 397 g/mol. The highest BCUT2D eigenvalue weighted by Gasteiger charge is 2.31. The van der Waals surface area contributed by atoms with Crippen LogP contribution in [0.15, 0.2) is 39.7 Å². The number of rotatable bonds is 5. The predicted molar refractivity (Wildman–Crippen MR) is 116 cm³/mol. The Morgan fingerprint density at radius 1 is 1.21 bits per heavy atom. The number of hydrogen-bond acceptors (Lipinski definition) is 3. The van der Waals surface area contributed by atoms with Gasteiger partial charge in [-0.05, 0) is 31.4 Å². The second-order valence-electron chi connectivity index (χ2n) is 8.25. The number of carbonyl (C=O) groups is 1. The maximum absolute atomic E-state index is 12.7. The number of nitrogens with zero attached hydrogens (tertiary/aromatic N) is 2. The van der Waals surface area contributed by atoms with Crippen LogP contribution < -0.4 is 10.6 Å². The zero-order chi connectivity index (χ0) is 20.1. The Kier molecular flexibility index (Phi) is 6.37. The van der Waals surface area contributed by atoms with Gasteiger partial charge in [0.25, 0.3) is 0 Å². The minimum atomic E-state index is 0.253. The van der Waals surface area contributed by atoms with Crippen molar-refractivity contribution in [3.05, 3.63) is 36.1 Å². The lowest BCUT2D eigenvalue weighted by Crippen LogP contribution is -2.46. The number of benzene rings is 1. The lowest BCUT2D eigenvalue weighted by Gasteiger charge is -2.26. The Hall–Kier alpha value is -2.50. The normalized spacial score (nSPS) is 20.9. The molecule has 2 aromatic rings. The van der Waals surface area contributed by atoms with Crippen LogP contribution in [0.25, 0.3) is 11.0 Å². The van der Waals surface area contributed by atoms with Crippen LogP contribution in [0.4, 0.5) is 0 Å². The van der Waals surface area contributed by atoms with E-state index >= 15 is 0 Å². The number of fused-ring (bicyclic) bond motifs is 1. The van der Waals surface area contributed by atoms with Gasteiger partial charge in [0.1, 0.15) is 11.3 Å². The number of para-hydroxylation sites is 1. The molecule has 1 unspecified atom stereocenters. The van der Waals surface area contributed by atoms with Crippen molar-refractivity contribution >= 4 is 22.8 Å². The van der Waals surface area contributed by atoms with Crippen molar-refractivity contribution in [3.63, 3.8) is 0 Å². The Morgan fingerprint density at radius 2 is 2.03 bits per heavy atom. The number of hydrogen-bond donors (Lipinski definition) is 2. The molecule has 0 radical (unpaired) electrons. The molecule has 156 valence electrons. The molecule has 2 aliphatic rings. The molecule has 1 saturated carbocycles. The molecule has 1 aliphatic carbocycles. The smallest absolute Gasteiger partial charge is 0.225 e. The summed E-state index contributed by atoms with van der Waals surface area (Å²) in [5, 5.41) is 7.99. The Morgan fingerprint density at radius 3 is 2.83 bits per heavy atom. The molecule has 1 aromatic heterocycles. The Labute approximate surface area is 172 Å². The van der Waals surface area contributed by atoms with Crippen LogP contribution in [0.2, 0.25) is 0 Å². The van der Waals surface area contributed by atoms with Crippen molar-refractivity contribution in [1.29, 1.82) is 0 Å². The second kappa shape index (κ2) is 9.33. The van der Waals surface area contributed by atoms with Gasteiger partial charge >= 0.3 is 0 Å². The number of amides is 1. The van der Waals surface area contributed by atoms with Gasteiger partial charge in [0, 0.05) is 50.4 Å². The number of carbonyl (C=O) groups excluding carboxylic acids is 1. The third kappa shape index (κ3) is 4.92. The largest absolute Gasteiger partial charge is 0.461 e. The monoisotopic (exact) mass is 396 g/mol. The Balaban J connectivity index is 1.22. The molecule has 1 atom stereocenters. The summed E-state index contributed by atoms with van der Waals surface area (Å²) in [6.45, 7) is 2.37. The molecule has 29 heavy (non-hydrogen) atoms. The maximum atomic E-state index is 12.7. The van der Waals surface area contributed by atoms with Gasteiger partial charge in [-0.3, -0.25) is 9.79 Å². The summed E-state index contributed by atoms with van der Waals surface area (Å²) < 4.78 is 5.87. The average Bonchev–Trinajstić information content (AvgIpc) is 3.39. The zero-order valence-electron chi connectivity index (χ0n) is 17.3. The first kappa shape index (κ1) is 19.8. The lowest BCUT2D eigenvalue weighted by atomic mass is 9.88. The van der Waals surface area contributed by atoms with Crippen LogP contribution in [0.5, 0.6) is 0 Å². The zero-order valence-corrected chi connectivity index (χ0v) is 17.3. The van der Waals surface area contributed by atoms with Gasteiger partial charge in [-0.1, -0.05) is 37.5 Å². The molecule has 2 N–H and O–H groups in total. The summed E-state index contributed by atoms with van der Waals surface area (Å²) >= 11 is 0. The topological polar surface area (TPSA) is 69.9 Å². The molecule has 0 bridgehead atoms. The molecule has 1 aliphatic heterocycles. The number of aliphatic imine (C=N–C) groups is 1. The number of likely N-dealkylation sites (tertiary alicyclic amines) is 1. The van der Waals surface area contributed by atoms with E-state index in [1.54, 1.807) is 7.05 Å². The lowest BCUT2D eigenvalue weighted by molar-refractivity contribution is -0.135. The highest BCUT2D eigenvalue weighted by atomic mass is 16.3. The summed E-state index contributed by atoms with van der Waals surface area (Å²) in [7, 11) is 1.79. The van der Waals surface area contributed by atoms with E-state index in [4.69, 9.17) is 4.42 Å². The maximum Gasteiger partial charge on any atom is 0.225 e. The first-order valence-electron chi connectivity index (χ1n) is 11.0. The molecule has 6 nitrogen and oxygen atoms in total. The third-order valence-electron chi connectivity index (χ3n) is 6.16. The Bertz CT molecular complexity index is 820. The SMILES string of the molecule is CN=C(NCCc1cc2ccccc2o1)NC1CCN(C(=O)C2CCCCC2)C1. The van der Waals surface area contributed by atoms with Crippen LogP contribution in [0, 0.1) is 5.92 Å². The number of nitrogens with one attached hydrogen (secondary N) is 2. The fourth-order valence-electron chi connectivity index (χ4n) is 4.54. The van der Waals surface area contributed by atoms with Crippen LogP contribution in [0.3, 0.4) is 0 Å². The van der Waals surface area contributed by atoms with Crippen molar-refractivity contribution in [1.82, 2.24) is 15.5 Å². The summed E-state index contributed by atoms with van der Waals surface area (Å²) in [6, 6.07) is 10.4. The highest BCUT2D eigenvalue weighted by Crippen LogP contribution is 2.26. The molecule has 2 heterocycles. The minimum Gasteiger partial charge on any atom is -0.461 e. The van der Waals surface area contributed by atoms with Crippen molar-refractivity contribution in [2.75, 3.05) is 26.7 Å². The van der Waals surface area contributed by atoms with Crippen LogP contribution in [-0.4, -0.2) is 49.5 Å². The van der Waals surface area contributed by atoms with Gasteiger partial charge in [0.05, 0.1) is 0 Å². The van der Waals surface area contributed by atoms with E-state index in [0.29, 0.717) is 5.91 Å². The van der Waals surface area contributed by atoms with Gasteiger partial charge in [-0.15, -0.1) is 0 Å². The number of furan rings is 1. The highest BCUT2D eigenvalue weighted by molar-refractivity contribution is 5.81. The fourth-order valence-corrected chi connectivity index (χ4v) is 4.54. The molecule has 1 amide bonds. The van der Waals surface area contributed by atoms with E-state index in [1.165, 1.54) is 19.3 Å². The first-order chi connectivity index (χ1) is 14.2. The van der Waals surface area contributed by atoms with Gasteiger partial charge < -0.3 is 20.0 Å². The van der Waals surface area contributed by atoms with Crippen molar-refractivity contribution < 1.29 is 9.21 Å². The minimum absolute atomic E-state index is 0.253. The molecule has 2 fully saturated rings.